The van der Waals surface area contributed by atoms with Crippen LogP contribution in [0.1, 0.15) is 38.3 Å². The van der Waals surface area contributed by atoms with Gasteiger partial charge in [0.05, 0.1) is 12.0 Å². The molecular formula is C22H28N4O3. The van der Waals surface area contributed by atoms with Gasteiger partial charge in [-0.2, -0.15) is 0 Å². The van der Waals surface area contributed by atoms with Crippen molar-refractivity contribution < 1.29 is 14.3 Å². The third-order valence-corrected chi connectivity index (χ3v) is 5.52. The Kier molecular flexibility index (Phi) is 5.83. The summed E-state index contributed by atoms with van der Waals surface area (Å²) in [6.07, 6.45) is 5.30. The molecule has 3 heterocycles. The van der Waals surface area contributed by atoms with Crippen molar-refractivity contribution in [1.29, 1.82) is 0 Å². The van der Waals surface area contributed by atoms with Crippen molar-refractivity contribution in [2.75, 3.05) is 31.2 Å². The molecule has 1 amide bonds. The van der Waals surface area contributed by atoms with Gasteiger partial charge >= 0.3 is 0 Å². The van der Waals surface area contributed by atoms with Crippen LogP contribution in [0.2, 0.25) is 0 Å². The number of carbonyl (C=O) groups is 1. The number of amides is 1. The molecule has 2 atom stereocenters. The molecule has 2 aromatic rings. The highest BCUT2D eigenvalue weighted by atomic mass is 16.6. The van der Waals surface area contributed by atoms with Gasteiger partial charge in [0.15, 0.2) is 11.5 Å². The quantitative estimate of drug-likeness (QED) is 0.837. The van der Waals surface area contributed by atoms with E-state index in [0.29, 0.717) is 25.7 Å². The number of fused-ring (bicyclic) bond motifs is 1. The van der Waals surface area contributed by atoms with Crippen LogP contribution in [0, 0.1) is 11.8 Å². The van der Waals surface area contributed by atoms with Crippen LogP contribution in [-0.2, 0) is 4.79 Å². The summed E-state index contributed by atoms with van der Waals surface area (Å²) in [5.74, 6) is 2.46. The minimum Gasteiger partial charge on any atom is -0.486 e. The number of carbonyl (C=O) groups excluding carboxylic acids is 1. The standard InChI is InChI=1S/C22H28N4O3/c1-15(2)20(16-6-7-18-19(13-16)29-12-11-28-18)25-21(27)17-5-3-10-26(14-17)22-23-8-4-9-24-22/h4,6-9,13,15,17,20H,3,5,10-12,14H2,1-2H3,(H,25,27). The van der Waals surface area contributed by atoms with Crippen molar-refractivity contribution in [3.8, 4) is 11.5 Å². The minimum absolute atomic E-state index is 0.0778. The Labute approximate surface area is 171 Å². The molecule has 0 saturated carbocycles. The number of rotatable bonds is 5. The molecule has 1 aromatic heterocycles. The zero-order valence-corrected chi connectivity index (χ0v) is 17.0. The molecule has 1 fully saturated rings. The van der Waals surface area contributed by atoms with E-state index in [0.717, 1.165) is 36.4 Å². The number of anilines is 1. The topological polar surface area (TPSA) is 76.6 Å². The maximum Gasteiger partial charge on any atom is 0.225 e. The second-order valence-corrected chi connectivity index (χ2v) is 7.97. The molecule has 1 saturated heterocycles. The van der Waals surface area contributed by atoms with E-state index in [-0.39, 0.29) is 23.8 Å². The second-order valence-electron chi connectivity index (χ2n) is 7.97. The zero-order chi connectivity index (χ0) is 20.2. The Balaban J connectivity index is 1.46. The molecular weight excluding hydrogens is 368 g/mol. The summed E-state index contributed by atoms with van der Waals surface area (Å²) in [4.78, 5) is 23.9. The van der Waals surface area contributed by atoms with E-state index in [9.17, 15) is 4.79 Å². The summed E-state index contributed by atoms with van der Waals surface area (Å²) in [7, 11) is 0. The van der Waals surface area contributed by atoms with Crippen LogP contribution >= 0.6 is 0 Å². The van der Waals surface area contributed by atoms with E-state index in [1.54, 1.807) is 18.5 Å². The lowest BCUT2D eigenvalue weighted by atomic mass is 9.92. The summed E-state index contributed by atoms with van der Waals surface area (Å²) < 4.78 is 11.3. The number of ether oxygens (including phenoxy) is 2. The highest BCUT2D eigenvalue weighted by molar-refractivity contribution is 5.80. The molecule has 29 heavy (non-hydrogen) atoms. The molecule has 4 rings (SSSR count). The predicted octanol–water partition coefficient (Wildman–Crippen LogP) is 2.98. The molecule has 2 aliphatic heterocycles. The van der Waals surface area contributed by atoms with Gasteiger partial charge in [-0.3, -0.25) is 4.79 Å². The molecule has 0 aliphatic carbocycles. The fraction of sp³-hybridized carbons (Fsp3) is 0.500. The average Bonchev–Trinajstić information content (AvgIpc) is 2.77. The van der Waals surface area contributed by atoms with Crippen LogP contribution in [-0.4, -0.2) is 42.2 Å². The van der Waals surface area contributed by atoms with Crippen molar-refractivity contribution in [2.45, 2.75) is 32.7 Å². The molecule has 2 aliphatic rings. The summed E-state index contributed by atoms with van der Waals surface area (Å²) in [5.41, 5.74) is 1.04. The number of piperidine rings is 1. The van der Waals surface area contributed by atoms with Crippen LogP contribution in [0.3, 0.4) is 0 Å². The Hall–Kier alpha value is -2.83. The predicted molar refractivity (Wildman–Crippen MR) is 110 cm³/mol. The first kappa shape index (κ1) is 19.5. The smallest absolute Gasteiger partial charge is 0.225 e. The van der Waals surface area contributed by atoms with Crippen LogP contribution in [0.4, 0.5) is 5.95 Å². The molecule has 154 valence electrons. The van der Waals surface area contributed by atoms with Crippen molar-refractivity contribution in [1.82, 2.24) is 15.3 Å². The summed E-state index contributed by atoms with van der Waals surface area (Å²) >= 11 is 0. The van der Waals surface area contributed by atoms with Gasteiger partial charge in [-0.05, 0) is 42.5 Å². The largest absolute Gasteiger partial charge is 0.486 e. The summed E-state index contributed by atoms with van der Waals surface area (Å²) in [5, 5.41) is 3.28. The van der Waals surface area contributed by atoms with Crippen LogP contribution in [0.15, 0.2) is 36.7 Å². The molecule has 0 spiro atoms. The van der Waals surface area contributed by atoms with Gasteiger partial charge in [0.2, 0.25) is 11.9 Å². The first-order valence-electron chi connectivity index (χ1n) is 10.3. The number of nitrogens with zero attached hydrogens (tertiary/aromatic N) is 3. The van der Waals surface area contributed by atoms with E-state index in [4.69, 9.17) is 9.47 Å². The lowest BCUT2D eigenvalue weighted by Gasteiger charge is -2.33. The number of aromatic nitrogens is 2. The lowest BCUT2D eigenvalue weighted by Crippen LogP contribution is -2.45. The van der Waals surface area contributed by atoms with E-state index >= 15 is 0 Å². The van der Waals surface area contributed by atoms with Crippen molar-refractivity contribution >= 4 is 11.9 Å². The first-order valence-corrected chi connectivity index (χ1v) is 10.3. The zero-order valence-electron chi connectivity index (χ0n) is 17.0. The monoisotopic (exact) mass is 396 g/mol. The second kappa shape index (κ2) is 8.68. The fourth-order valence-electron chi connectivity index (χ4n) is 3.99. The lowest BCUT2D eigenvalue weighted by molar-refractivity contribution is -0.126. The third-order valence-electron chi connectivity index (χ3n) is 5.52. The van der Waals surface area contributed by atoms with Gasteiger partial charge in [0, 0.05) is 25.5 Å². The van der Waals surface area contributed by atoms with Gasteiger partial charge < -0.3 is 19.7 Å². The van der Waals surface area contributed by atoms with Gasteiger partial charge in [0.25, 0.3) is 0 Å². The van der Waals surface area contributed by atoms with Crippen molar-refractivity contribution in [2.24, 2.45) is 11.8 Å². The average molecular weight is 396 g/mol. The van der Waals surface area contributed by atoms with Crippen molar-refractivity contribution in [3.63, 3.8) is 0 Å². The molecule has 0 radical (unpaired) electrons. The van der Waals surface area contributed by atoms with Gasteiger partial charge in [-0.1, -0.05) is 19.9 Å². The van der Waals surface area contributed by atoms with Gasteiger partial charge in [-0.15, -0.1) is 0 Å². The van der Waals surface area contributed by atoms with E-state index in [1.807, 2.05) is 18.2 Å². The normalized spacial score (nSPS) is 19.7. The fourth-order valence-corrected chi connectivity index (χ4v) is 3.99. The van der Waals surface area contributed by atoms with E-state index < -0.39 is 0 Å². The van der Waals surface area contributed by atoms with Crippen LogP contribution < -0.4 is 19.7 Å². The molecule has 7 heteroatoms. The minimum atomic E-state index is -0.0818. The number of hydrogen-bond acceptors (Lipinski definition) is 6. The molecule has 1 N–H and O–H groups in total. The Morgan fingerprint density at radius 3 is 2.69 bits per heavy atom. The maximum atomic E-state index is 13.1. The number of benzene rings is 1. The van der Waals surface area contributed by atoms with Gasteiger partial charge in [0.1, 0.15) is 13.2 Å². The van der Waals surface area contributed by atoms with Gasteiger partial charge in [-0.25, -0.2) is 9.97 Å². The highest BCUT2D eigenvalue weighted by Crippen LogP contribution is 2.34. The molecule has 2 unspecified atom stereocenters. The Morgan fingerprint density at radius 1 is 1.17 bits per heavy atom. The summed E-state index contributed by atoms with van der Waals surface area (Å²) in [6.45, 7) is 6.87. The molecule has 7 nitrogen and oxygen atoms in total. The first-order chi connectivity index (χ1) is 14.1. The van der Waals surface area contributed by atoms with Crippen LogP contribution in [0.25, 0.3) is 0 Å². The maximum absolute atomic E-state index is 13.1. The molecule has 1 aromatic carbocycles. The van der Waals surface area contributed by atoms with Crippen LogP contribution in [0.5, 0.6) is 11.5 Å². The highest BCUT2D eigenvalue weighted by Gasteiger charge is 2.30. The Bertz CT molecular complexity index is 843. The number of nitrogens with one attached hydrogen (secondary N) is 1. The van der Waals surface area contributed by atoms with Crippen molar-refractivity contribution in [3.05, 3.63) is 42.2 Å². The SMILES string of the molecule is CC(C)C(NC(=O)C1CCCN(c2ncccn2)C1)c1ccc2c(c1)OCCO2. The Morgan fingerprint density at radius 2 is 1.93 bits per heavy atom. The summed E-state index contributed by atoms with van der Waals surface area (Å²) in [6, 6.07) is 7.66. The van der Waals surface area contributed by atoms with E-state index in [2.05, 4.69) is 34.0 Å². The number of hydrogen-bond donors (Lipinski definition) is 1. The third kappa shape index (κ3) is 4.44. The molecule has 0 bridgehead atoms. The van der Waals surface area contributed by atoms with E-state index in [1.165, 1.54) is 0 Å².